The summed E-state index contributed by atoms with van der Waals surface area (Å²) in [5.41, 5.74) is 6.07. The maximum absolute atomic E-state index is 13.1. The number of benzene rings is 1. The number of nitrogens with one attached hydrogen (secondary N) is 1. The van der Waals surface area contributed by atoms with E-state index in [4.69, 9.17) is 5.73 Å². The molecule has 5 heteroatoms. The van der Waals surface area contributed by atoms with Crippen LogP contribution in [0.1, 0.15) is 24.2 Å². The Bertz CT molecular complexity index is 458. The van der Waals surface area contributed by atoms with Crippen molar-refractivity contribution in [2.75, 3.05) is 32.9 Å². The summed E-state index contributed by atoms with van der Waals surface area (Å²) in [5, 5.41) is 2.80. The topological polar surface area (TPSA) is 58.4 Å². The van der Waals surface area contributed by atoms with Crippen molar-refractivity contribution >= 4 is 11.6 Å². The van der Waals surface area contributed by atoms with E-state index >= 15 is 0 Å². The van der Waals surface area contributed by atoms with E-state index in [1.807, 2.05) is 14.1 Å². The van der Waals surface area contributed by atoms with Gasteiger partial charge in [-0.1, -0.05) is 13.8 Å². The van der Waals surface area contributed by atoms with Gasteiger partial charge in [0.05, 0.1) is 5.56 Å². The first kappa shape index (κ1) is 15.4. The molecule has 0 aliphatic heterocycles. The standard InChI is InChI=1S/C14H22FN3O/c1-14(2,9-18(3)4)8-17-13(19)11-7-10(15)5-6-12(11)16/h5-7H,8-9,16H2,1-4H3,(H,17,19). The Labute approximate surface area is 113 Å². The van der Waals surface area contributed by atoms with Crippen molar-refractivity contribution in [2.45, 2.75) is 13.8 Å². The van der Waals surface area contributed by atoms with Gasteiger partial charge in [0.25, 0.3) is 5.91 Å². The fourth-order valence-electron chi connectivity index (χ4n) is 2.05. The van der Waals surface area contributed by atoms with Crippen LogP contribution < -0.4 is 11.1 Å². The van der Waals surface area contributed by atoms with Gasteiger partial charge in [0.1, 0.15) is 5.82 Å². The lowest BCUT2D eigenvalue weighted by Crippen LogP contribution is -2.40. The van der Waals surface area contributed by atoms with E-state index in [-0.39, 0.29) is 22.6 Å². The summed E-state index contributed by atoms with van der Waals surface area (Å²) in [6, 6.07) is 3.79. The minimum absolute atomic E-state index is 0.0682. The lowest BCUT2D eigenvalue weighted by atomic mass is 9.93. The largest absolute Gasteiger partial charge is 0.398 e. The molecule has 1 rings (SSSR count). The Kier molecular flexibility index (Phi) is 4.89. The number of carbonyl (C=O) groups excluding carboxylic acids is 1. The highest BCUT2D eigenvalue weighted by molar-refractivity contribution is 5.99. The van der Waals surface area contributed by atoms with Gasteiger partial charge in [0.15, 0.2) is 0 Å². The third kappa shape index (κ3) is 4.87. The minimum Gasteiger partial charge on any atom is -0.398 e. The highest BCUT2D eigenvalue weighted by Gasteiger charge is 2.20. The fourth-order valence-corrected chi connectivity index (χ4v) is 2.05. The van der Waals surface area contributed by atoms with Gasteiger partial charge in [-0.25, -0.2) is 4.39 Å². The number of amides is 1. The summed E-state index contributed by atoms with van der Waals surface area (Å²) in [4.78, 5) is 14.0. The molecule has 4 nitrogen and oxygen atoms in total. The van der Waals surface area contributed by atoms with Gasteiger partial charge in [0.2, 0.25) is 0 Å². The highest BCUT2D eigenvalue weighted by Crippen LogP contribution is 2.16. The van der Waals surface area contributed by atoms with E-state index in [0.717, 1.165) is 12.6 Å². The molecule has 1 amide bonds. The number of nitrogen functional groups attached to an aromatic ring is 1. The molecule has 0 saturated carbocycles. The minimum atomic E-state index is -0.466. The summed E-state index contributed by atoms with van der Waals surface area (Å²) in [7, 11) is 3.96. The smallest absolute Gasteiger partial charge is 0.253 e. The van der Waals surface area contributed by atoms with Gasteiger partial charge in [-0.3, -0.25) is 4.79 Å². The zero-order chi connectivity index (χ0) is 14.6. The van der Waals surface area contributed by atoms with Crippen molar-refractivity contribution < 1.29 is 9.18 Å². The van der Waals surface area contributed by atoms with Crippen molar-refractivity contribution in [2.24, 2.45) is 5.41 Å². The Hall–Kier alpha value is -1.62. The zero-order valence-corrected chi connectivity index (χ0v) is 12.0. The Morgan fingerprint density at radius 1 is 1.42 bits per heavy atom. The zero-order valence-electron chi connectivity index (χ0n) is 12.0. The molecule has 0 atom stereocenters. The highest BCUT2D eigenvalue weighted by atomic mass is 19.1. The second kappa shape index (κ2) is 6.02. The van der Waals surface area contributed by atoms with E-state index in [1.165, 1.54) is 12.1 Å². The summed E-state index contributed by atoms with van der Waals surface area (Å²) in [5.74, 6) is -0.810. The number of anilines is 1. The van der Waals surface area contributed by atoms with Crippen LogP contribution in [-0.2, 0) is 0 Å². The molecule has 0 fully saturated rings. The summed E-state index contributed by atoms with van der Waals surface area (Å²) >= 11 is 0. The molecule has 0 aliphatic carbocycles. The molecule has 0 spiro atoms. The molecule has 0 saturated heterocycles. The van der Waals surface area contributed by atoms with Crippen LogP contribution in [0.15, 0.2) is 18.2 Å². The van der Waals surface area contributed by atoms with Crippen molar-refractivity contribution in [3.05, 3.63) is 29.6 Å². The van der Waals surface area contributed by atoms with Crippen molar-refractivity contribution in [3.8, 4) is 0 Å². The molecule has 0 radical (unpaired) electrons. The molecule has 0 unspecified atom stereocenters. The van der Waals surface area contributed by atoms with E-state index < -0.39 is 5.82 Å². The Morgan fingerprint density at radius 3 is 2.63 bits per heavy atom. The molecule has 0 aliphatic rings. The van der Waals surface area contributed by atoms with Crippen molar-refractivity contribution in [3.63, 3.8) is 0 Å². The number of hydrogen-bond acceptors (Lipinski definition) is 3. The predicted molar refractivity (Wildman–Crippen MR) is 75.5 cm³/mol. The van der Waals surface area contributed by atoms with Gasteiger partial charge >= 0.3 is 0 Å². The van der Waals surface area contributed by atoms with E-state index in [0.29, 0.717) is 6.54 Å². The van der Waals surface area contributed by atoms with Gasteiger partial charge in [0, 0.05) is 18.8 Å². The summed E-state index contributed by atoms with van der Waals surface area (Å²) in [6.07, 6.45) is 0. The molecular formula is C14H22FN3O. The first-order valence-corrected chi connectivity index (χ1v) is 6.19. The molecule has 19 heavy (non-hydrogen) atoms. The summed E-state index contributed by atoms with van der Waals surface area (Å²) in [6.45, 7) is 5.45. The van der Waals surface area contributed by atoms with E-state index in [1.54, 1.807) is 0 Å². The first-order valence-electron chi connectivity index (χ1n) is 6.19. The van der Waals surface area contributed by atoms with Crippen LogP contribution in [0.4, 0.5) is 10.1 Å². The van der Waals surface area contributed by atoms with Crippen molar-refractivity contribution in [1.82, 2.24) is 10.2 Å². The third-order valence-electron chi connectivity index (χ3n) is 2.73. The lowest BCUT2D eigenvalue weighted by Gasteiger charge is -2.28. The number of hydrogen-bond donors (Lipinski definition) is 2. The molecule has 0 heterocycles. The Balaban J connectivity index is 2.68. The number of halogens is 1. The molecule has 0 aromatic heterocycles. The molecule has 1 aromatic carbocycles. The average molecular weight is 267 g/mol. The molecule has 106 valence electrons. The van der Waals surface area contributed by atoms with Gasteiger partial charge in [-0.05, 0) is 37.7 Å². The van der Waals surface area contributed by atoms with Crippen LogP contribution in [0, 0.1) is 11.2 Å². The normalized spacial score (nSPS) is 11.7. The first-order chi connectivity index (χ1) is 8.71. The predicted octanol–water partition coefficient (Wildman–Crippen LogP) is 1.73. The second-order valence-corrected chi connectivity index (χ2v) is 5.82. The lowest BCUT2D eigenvalue weighted by molar-refractivity contribution is 0.0929. The van der Waals surface area contributed by atoms with Crippen LogP contribution in [0.25, 0.3) is 0 Å². The van der Waals surface area contributed by atoms with Crippen LogP contribution in [0.3, 0.4) is 0 Å². The van der Waals surface area contributed by atoms with Crippen LogP contribution in [0.5, 0.6) is 0 Å². The maximum atomic E-state index is 13.1. The van der Waals surface area contributed by atoms with E-state index in [9.17, 15) is 9.18 Å². The number of nitrogens with two attached hydrogens (primary N) is 1. The van der Waals surface area contributed by atoms with Crippen LogP contribution >= 0.6 is 0 Å². The fraction of sp³-hybridized carbons (Fsp3) is 0.500. The number of rotatable bonds is 5. The number of carbonyl (C=O) groups is 1. The summed E-state index contributed by atoms with van der Waals surface area (Å²) < 4.78 is 13.1. The monoisotopic (exact) mass is 267 g/mol. The van der Waals surface area contributed by atoms with Gasteiger partial charge < -0.3 is 16.0 Å². The quantitative estimate of drug-likeness (QED) is 0.799. The second-order valence-electron chi connectivity index (χ2n) is 5.82. The average Bonchev–Trinajstić information content (AvgIpc) is 2.27. The molecular weight excluding hydrogens is 245 g/mol. The maximum Gasteiger partial charge on any atom is 0.253 e. The molecule has 1 aromatic rings. The van der Waals surface area contributed by atoms with E-state index in [2.05, 4.69) is 24.1 Å². The SMILES string of the molecule is CN(C)CC(C)(C)CNC(=O)c1cc(F)ccc1N. The molecule has 3 N–H and O–H groups in total. The van der Waals surface area contributed by atoms with Crippen molar-refractivity contribution in [1.29, 1.82) is 0 Å². The number of nitrogens with zero attached hydrogens (tertiary/aromatic N) is 1. The van der Waals surface area contributed by atoms with Gasteiger partial charge in [-0.2, -0.15) is 0 Å². The van der Waals surface area contributed by atoms with Crippen LogP contribution in [-0.4, -0.2) is 38.0 Å². The third-order valence-corrected chi connectivity index (χ3v) is 2.73. The Morgan fingerprint density at radius 2 is 2.05 bits per heavy atom. The van der Waals surface area contributed by atoms with Crippen LogP contribution in [0.2, 0.25) is 0 Å². The van der Waals surface area contributed by atoms with Gasteiger partial charge in [-0.15, -0.1) is 0 Å². The molecule has 0 bridgehead atoms.